The molecule has 0 saturated heterocycles. The molecule has 0 saturated carbocycles. The minimum absolute atomic E-state index is 0.111. The Hall–Kier alpha value is -3.93. The molecule has 0 aliphatic heterocycles. The van der Waals surface area contributed by atoms with Crippen LogP contribution in [0.4, 0.5) is 0 Å². The molecule has 0 fully saturated rings. The van der Waals surface area contributed by atoms with Crippen LogP contribution in [-0.2, 0) is 28.6 Å². The van der Waals surface area contributed by atoms with Gasteiger partial charge in [0.25, 0.3) is 0 Å². The molecular weight excluding hydrogens is 757 g/mol. The van der Waals surface area contributed by atoms with Crippen LogP contribution in [0.25, 0.3) is 0 Å². The highest BCUT2D eigenvalue weighted by atomic mass is 16.6. The molecule has 6 heteroatoms. The molecule has 1 unspecified atom stereocenters. The van der Waals surface area contributed by atoms with Crippen LogP contribution in [-0.4, -0.2) is 37.2 Å². The van der Waals surface area contributed by atoms with Gasteiger partial charge in [-0.2, -0.15) is 0 Å². The maximum absolute atomic E-state index is 12.6. The molecule has 0 spiro atoms. The first-order chi connectivity index (χ1) is 30.0. The van der Waals surface area contributed by atoms with Crippen LogP contribution in [0.5, 0.6) is 0 Å². The number of hydrogen-bond acceptors (Lipinski definition) is 6. The fraction of sp³-hybridized carbons (Fsp3) is 0.618. The van der Waals surface area contributed by atoms with Crippen molar-refractivity contribution in [2.45, 2.75) is 207 Å². The molecule has 0 heterocycles. The number of carbonyl (C=O) groups is 3. The summed E-state index contributed by atoms with van der Waals surface area (Å²) in [5.41, 5.74) is 0. The summed E-state index contributed by atoms with van der Waals surface area (Å²) in [5.74, 6) is -1.02. The molecule has 0 aromatic carbocycles. The zero-order chi connectivity index (χ0) is 44.4. The van der Waals surface area contributed by atoms with Crippen LogP contribution >= 0.6 is 0 Å². The maximum Gasteiger partial charge on any atom is 0.306 e. The van der Waals surface area contributed by atoms with Crippen molar-refractivity contribution in [1.82, 2.24) is 0 Å². The van der Waals surface area contributed by atoms with Gasteiger partial charge in [-0.15, -0.1) is 0 Å². The van der Waals surface area contributed by atoms with E-state index in [2.05, 4.69) is 118 Å². The lowest BCUT2D eigenvalue weighted by Crippen LogP contribution is -2.30. The third-order valence-electron chi connectivity index (χ3n) is 9.79. The number of unbranched alkanes of at least 4 members (excludes halogenated alkanes) is 13. The summed E-state index contributed by atoms with van der Waals surface area (Å²) in [6.07, 6.45) is 65.6. The summed E-state index contributed by atoms with van der Waals surface area (Å²) in [6, 6.07) is 0. The molecule has 0 N–H and O–H groups in total. The fourth-order valence-corrected chi connectivity index (χ4v) is 6.19. The summed E-state index contributed by atoms with van der Waals surface area (Å²) >= 11 is 0. The van der Waals surface area contributed by atoms with Crippen LogP contribution in [0.3, 0.4) is 0 Å². The van der Waals surface area contributed by atoms with Gasteiger partial charge in [-0.05, 0) is 89.9 Å². The molecule has 0 bridgehead atoms. The number of esters is 3. The van der Waals surface area contributed by atoms with Gasteiger partial charge < -0.3 is 14.2 Å². The predicted octanol–water partition coefficient (Wildman–Crippen LogP) is 16.0. The van der Waals surface area contributed by atoms with Crippen LogP contribution in [0.15, 0.2) is 109 Å². The highest BCUT2D eigenvalue weighted by Gasteiger charge is 2.19. The van der Waals surface area contributed by atoms with Crippen molar-refractivity contribution in [3.05, 3.63) is 109 Å². The Kier molecular flexibility index (Phi) is 45.6. The number of allylic oxidation sites excluding steroid dienone is 18. The Morgan fingerprint density at radius 1 is 0.344 bits per heavy atom. The van der Waals surface area contributed by atoms with E-state index in [9.17, 15) is 14.4 Å². The number of ether oxygens (including phenoxy) is 3. The van der Waals surface area contributed by atoms with E-state index in [1.165, 1.54) is 38.5 Å². The third-order valence-corrected chi connectivity index (χ3v) is 9.79. The molecule has 1 atom stereocenters. The van der Waals surface area contributed by atoms with Gasteiger partial charge in [-0.1, -0.05) is 201 Å². The third kappa shape index (κ3) is 47.0. The second-order valence-electron chi connectivity index (χ2n) is 15.6. The van der Waals surface area contributed by atoms with Crippen LogP contribution < -0.4 is 0 Å². The van der Waals surface area contributed by atoms with E-state index in [4.69, 9.17) is 14.2 Å². The van der Waals surface area contributed by atoms with Crippen molar-refractivity contribution in [3.63, 3.8) is 0 Å². The summed E-state index contributed by atoms with van der Waals surface area (Å²) in [6.45, 7) is 6.23. The number of hydrogen-bond donors (Lipinski definition) is 0. The lowest BCUT2D eigenvalue weighted by Gasteiger charge is -2.18. The van der Waals surface area contributed by atoms with Crippen LogP contribution in [0.1, 0.15) is 201 Å². The van der Waals surface area contributed by atoms with Crippen molar-refractivity contribution >= 4 is 17.9 Å². The lowest BCUT2D eigenvalue weighted by atomic mass is 10.1. The monoisotopic (exact) mass is 845 g/mol. The lowest BCUT2D eigenvalue weighted by molar-refractivity contribution is -0.166. The molecule has 0 radical (unpaired) electrons. The van der Waals surface area contributed by atoms with E-state index < -0.39 is 12.1 Å². The first-order valence-electron chi connectivity index (χ1n) is 24.4. The van der Waals surface area contributed by atoms with Gasteiger partial charge in [0.15, 0.2) is 6.10 Å². The average Bonchev–Trinajstić information content (AvgIpc) is 3.26. The van der Waals surface area contributed by atoms with Gasteiger partial charge in [0.1, 0.15) is 13.2 Å². The average molecular weight is 845 g/mol. The molecule has 0 aromatic heterocycles. The smallest absolute Gasteiger partial charge is 0.306 e. The van der Waals surface area contributed by atoms with Crippen molar-refractivity contribution in [2.24, 2.45) is 0 Å². The standard InChI is InChI=1S/C55H88O6/c1-4-7-10-13-15-17-19-21-22-23-24-25-26-27-28-29-30-31-32-34-35-37-39-42-45-48-54(57)60-51-52(50-59-53(56)47-44-41-12-9-6-3)61-55(58)49-46-43-40-38-36-33-20-18-16-14-11-8-5-2/h7-8,10-11,15-18,21-22,24-25,27-28,33,36,40,43,52H,4-6,9,12-14,19-20,23,26,29-32,34-35,37-39,41-42,44-51H2,1-3H3/b10-7-,11-8-,17-15-,18-16-,22-21-,25-24-,28-27-,36-33-,43-40-. The second-order valence-corrected chi connectivity index (χ2v) is 15.6. The highest BCUT2D eigenvalue weighted by Crippen LogP contribution is 2.13. The van der Waals surface area contributed by atoms with E-state index in [-0.39, 0.29) is 31.6 Å². The molecule has 0 aromatic rings. The van der Waals surface area contributed by atoms with Crippen molar-refractivity contribution in [2.75, 3.05) is 13.2 Å². The Bertz CT molecular complexity index is 1290. The summed E-state index contributed by atoms with van der Waals surface area (Å²) < 4.78 is 16.5. The maximum atomic E-state index is 12.6. The minimum Gasteiger partial charge on any atom is -0.462 e. The first-order valence-corrected chi connectivity index (χ1v) is 24.4. The minimum atomic E-state index is -0.815. The normalized spacial score (nSPS) is 13.0. The highest BCUT2D eigenvalue weighted by molar-refractivity contribution is 5.71. The molecule has 0 aliphatic rings. The van der Waals surface area contributed by atoms with Gasteiger partial charge in [0.05, 0.1) is 0 Å². The Labute approximate surface area is 374 Å². The molecule has 6 nitrogen and oxygen atoms in total. The molecular formula is C55H88O6. The van der Waals surface area contributed by atoms with Gasteiger partial charge in [0.2, 0.25) is 0 Å². The quantitative estimate of drug-likeness (QED) is 0.0264. The first kappa shape index (κ1) is 57.1. The summed E-state index contributed by atoms with van der Waals surface area (Å²) in [5, 5.41) is 0. The topological polar surface area (TPSA) is 78.9 Å². The van der Waals surface area contributed by atoms with E-state index in [1.54, 1.807) is 0 Å². The molecule has 344 valence electrons. The predicted molar refractivity (Wildman–Crippen MR) is 260 cm³/mol. The summed E-state index contributed by atoms with van der Waals surface area (Å²) in [4.78, 5) is 37.5. The van der Waals surface area contributed by atoms with Gasteiger partial charge >= 0.3 is 17.9 Å². The van der Waals surface area contributed by atoms with Crippen molar-refractivity contribution in [1.29, 1.82) is 0 Å². The number of carbonyl (C=O) groups excluding carboxylic acids is 3. The molecule has 0 aliphatic carbocycles. The van der Waals surface area contributed by atoms with Crippen molar-refractivity contribution < 1.29 is 28.6 Å². The van der Waals surface area contributed by atoms with E-state index >= 15 is 0 Å². The van der Waals surface area contributed by atoms with Gasteiger partial charge in [0, 0.05) is 19.3 Å². The van der Waals surface area contributed by atoms with E-state index in [0.29, 0.717) is 19.3 Å². The van der Waals surface area contributed by atoms with Gasteiger partial charge in [-0.3, -0.25) is 14.4 Å². The molecule has 0 amide bonds. The van der Waals surface area contributed by atoms with Crippen molar-refractivity contribution in [3.8, 4) is 0 Å². The molecule has 0 rings (SSSR count). The van der Waals surface area contributed by atoms with Crippen LogP contribution in [0.2, 0.25) is 0 Å². The second kappa shape index (κ2) is 48.7. The number of rotatable bonds is 42. The Morgan fingerprint density at radius 3 is 1.07 bits per heavy atom. The molecule has 61 heavy (non-hydrogen) atoms. The Morgan fingerprint density at radius 2 is 0.672 bits per heavy atom. The van der Waals surface area contributed by atoms with E-state index in [1.807, 2.05) is 12.2 Å². The zero-order valence-corrected chi connectivity index (χ0v) is 39.1. The van der Waals surface area contributed by atoms with Gasteiger partial charge in [-0.25, -0.2) is 0 Å². The van der Waals surface area contributed by atoms with Crippen LogP contribution in [0, 0.1) is 0 Å². The Balaban J connectivity index is 4.20. The SMILES string of the molecule is CC/C=C\C/C=C\C/C=C\C/C=C\C/C=C\CCCCCCCCCCCC(=O)OCC(COC(=O)CCCCCCC)OC(=O)CC/C=C\C/C=C\C/C=C\C/C=C\CC. The van der Waals surface area contributed by atoms with E-state index in [0.717, 1.165) is 116 Å². The largest absolute Gasteiger partial charge is 0.462 e. The fourth-order valence-electron chi connectivity index (χ4n) is 6.19. The zero-order valence-electron chi connectivity index (χ0n) is 39.1. The summed E-state index contributed by atoms with van der Waals surface area (Å²) in [7, 11) is 0.